The lowest BCUT2D eigenvalue weighted by atomic mass is 9.87. The molecule has 0 heterocycles. The van der Waals surface area contributed by atoms with Gasteiger partial charge in [0.05, 0.1) is 13.2 Å². The average Bonchev–Trinajstić information content (AvgIpc) is 2.33. The Morgan fingerprint density at radius 2 is 1.52 bits per heavy atom. The van der Waals surface area contributed by atoms with E-state index in [-0.39, 0.29) is 11.0 Å². The first kappa shape index (κ1) is 18.0. The van der Waals surface area contributed by atoms with Crippen LogP contribution < -0.4 is 4.74 Å². The van der Waals surface area contributed by atoms with Crippen LogP contribution in [0.2, 0.25) is 0 Å². The molecule has 0 aliphatic rings. The van der Waals surface area contributed by atoms with E-state index < -0.39 is 0 Å². The highest BCUT2D eigenvalue weighted by molar-refractivity contribution is 5.31. The fourth-order valence-corrected chi connectivity index (χ4v) is 1.94. The van der Waals surface area contributed by atoms with Gasteiger partial charge in [-0.2, -0.15) is 0 Å². The second kappa shape index (κ2) is 7.28. The fraction of sp³-hybridized carbons (Fsp3) is 0.667. The van der Waals surface area contributed by atoms with E-state index in [0.29, 0.717) is 6.61 Å². The van der Waals surface area contributed by atoms with Crippen molar-refractivity contribution < 1.29 is 9.47 Å². The van der Waals surface area contributed by atoms with Crippen molar-refractivity contribution in [2.45, 2.75) is 45.6 Å². The highest BCUT2D eigenvalue weighted by Gasteiger charge is 2.21. The molecule has 1 aromatic rings. The molecular formula is C18H31NO2. The third kappa shape index (κ3) is 6.96. The maximum absolute atomic E-state index is 6.04. The molecule has 1 rings (SSSR count). The summed E-state index contributed by atoms with van der Waals surface area (Å²) in [6, 6.07) is 8.36. The molecule has 0 saturated heterocycles. The van der Waals surface area contributed by atoms with Gasteiger partial charge in [-0.15, -0.1) is 0 Å². The lowest BCUT2D eigenvalue weighted by Crippen LogP contribution is -2.35. The molecule has 21 heavy (non-hydrogen) atoms. The standard InChI is InChI=1S/C18H31NO2/c1-17(2,3)15-8-10-16(11-9-15)21-18(4,5)14-20-13-12-19(6)7/h8-11H,12-14H2,1-7H3. The average molecular weight is 293 g/mol. The van der Waals surface area contributed by atoms with E-state index in [1.54, 1.807) is 0 Å². The van der Waals surface area contributed by atoms with E-state index in [2.05, 4.69) is 51.7 Å². The molecule has 0 fully saturated rings. The predicted molar refractivity (Wildman–Crippen MR) is 89.2 cm³/mol. The lowest BCUT2D eigenvalue weighted by Gasteiger charge is -2.27. The Labute approximate surface area is 130 Å². The molecule has 3 heteroatoms. The summed E-state index contributed by atoms with van der Waals surface area (Å²) in [5.74, 6) is 0.893. The van der Waals surface area contributed by atoms with E-state index in [1.807, 2.05) is 26.2 Å². The molecule has 1 aromatic carbocycles. The van der Waals surface area contributed by atoms with Crippen LogP contribution in [0.25, 0.3) is 0 Å². The van der Waals surface area contributed by atoms with Gasteiger partial charge in [-0.1, -0.05) is 32.9 Å². The third-order valence-corrected chi connectivity index (χ3v) is 3.25. The van der Waals surface area contributed by atoms with Gasteiger partial charge in [0.15, 0.2) is 0 Å². The summed E-state index contributed by atoms with van der Waals surface area (Å²) in [5, 5.41) is 0. The molecule has 0 radical (unpaired) electrons. The van der Waals surface area contributed by atoms with Crippen LogP contribution >= 0.6 is 0 Å². The van der Waals surface area contributed by atoms with E-state index in [0.717, 1.165) is 18.9 Å². The zero-order valence-corrected chi connectivity index (χ0v) is 14.7. The zero-order chi connectivity index (χ0) is 16.1. The van der Waals surface area contributed by atoms with Gasteiger partial charge in [0.1, 0.15) is 11.4 Å². The maximum atomic E-state index is 6.04. The van der Waals surface area contributed by atoms with Crippen molar-refractivity contribution in [2.75, 3.05) is 33.9 Å². The first-order valence-corrected chi connectivity index (χ1v) is 7.62. The summed E-state index contributed by atoms with van der Waals surface area (Å²) >= 11 is 0. The lowest BCUT2D eigenvalue weighted by molar-refractivity contribution is -0.00667. The molecule has 0 aromatic heterocycles. The zero-order valence-electron chi connectivity index (χ0n) is 14.7. The largest absolute Gasteiger partial charge is 0.485 e. The maximum Gasteiger partial charge on any atom is 0.127 e. The summed E-state index contributed by atoms with van der Waals surface area (Å²) in [7, 11) is 4.09. The SMILES string of the molecule is CN(C)CCOCC(C)(C)Oc1ccc(C(C)(C)C)cc1. The summed E-state index contributed by atoms with van der Waals surface area (Å²) in [4.78, 5) is 2.11. The second-order valence-corrected chi connectivity index (χ2v) is 7.49. The highest BCUT2D eigenvalue weighted by atomic mass is 16.5. The summed E-state index contributed by atoms with van der Waals surface area (Å²) in [5.41, 5.74) is 1.16. The van der Waals surface area contributed by atoms with Crippen LogP contribution in [0.4, 0.5) is 0 Å². The van der Waals surface area contributed by atoms with Crippen molar-refractivity contribution in [3.63, 3.8) is 0 Å². The summed E-state index contributed by atoms with van der Waals surface area (Å²) in [6.07, 6.45) is 0. The monoisotopic (exact) mass is 293 g/mol. The minimum Gasteiger partial charge on any atom is -0.485 e. The van der Waals surface area contributed by atoms with Crippen molar-refractivity contribution in [1.82, 2.24) is 4.90 Å². The normalized spacial score (nSPS) is 12.8. The predicted octanol–water partition coefficient (Wildman–Crippen LogP) is 3.72. The molecule has 0 N–H and O–H groups in total. The Bertz CT molecular complexity index is 416. The number of likely N-dealkylation sites (N-methyl/N-ethyl adjacent to an activating group) is 1. The first-order chi connectivity index (χ1) is 9.60. The molecule has 0 amide bonds. The summed E-state index contributed by atoms with van der Waals surface area (Å²) in [6.45, 7) is 13.0. The highest BCUT2D eigenvalue weighted by Crippen LogP contribution is 2.26. The second-order valence-electron chi connectivity index (χ2n) is 7.49. The number of rotatable bonds is 7. The van der Waals surface area contributed by atoms with Gasteiger partial charge >= 0.3 is 0 Å². The van der Waals surface area contributed by atoms with Crippen molar-refractivity contribution in [3.8, 4) is 5.75 Å². The molecule has 0 bridgehead atoms. The number of ether oxygens (including phenoxy) is 2. The molecule has 0 saturated carbocycles. The smallest absolute Gasteiger partial charge is 0.127 e. The van der Waals surface area contributed by atoms with Crippen LogP contribution in [0.3, 0.4) is 0 Å². The van der Waals surface area contributed by atoms with Gasteiger partial charge in [0.2, 0.25) is 0 Å². The summed E-state index contributed by atoms with van der Waals surface area (Å²) < 4.78 is 11.7. The molecule has 0 aliphatic carbocycles. The first-order valence-electron chi connectivity index (χ1n) is 7.62. The Morgan fingerprint density at radius 1 is 0.952 bits per heavy atom. The molecule has 0 spiro atoms. The minimum atomic E-state index is -0.324. The van der Waals surface area contributed by atoms with Gasteiger partial charge in [0.25, 0.3) is 0 Å². The number of hydrogen-bond donors (Lipinski definition) is 0. The van der Waals surface area contributed by atoms with Crippen LogP contribution in [0.1, 0.15) is 40.2 Å². The van der Waals surface area contributed by atoms with E-state index in [9.17, 15) is 0 Å². The Kier molecular flexibility index (Phi) is 6.24. The molecule has 0 aliphatic heterocycles. The third-order valence-electron chi connectivity index (χ3n) is 3.25. The molecule has 0 unspecified atom stereocenters. The Morgan fingerprint density at radius 3 is 2.00 bits per heavy atom. The number of benzene rings is 1. The van der Waals surface area contributed by atoms with Crippen molar-refractivity contribution in [3.05, 3.63) is 29.8 Å². The topological polar surface area (TPSA) is 21.7 Å². The van der Waals surface area contributed by atoms with Crippen LogP contribution in [-0.4, -0.2) is 44.4 Å². The van der Waals surface area contributed by atoms with Gasteiger partial charge in [0, 0.05) is 6.54 Å². The van der Waals surface area contributed by atoms with Gasteiger partial charge < -0.3 is 14.4 Å². The number of nitrogens with zero attached hydrogens (tertiary/aromatic N) is 1. The van der Waals surface area contributed by atoms with Crippen molar-refractivity contribution in [1.29, 1.82) is 0 Å². The van der Waals surface area contributed by atoms with Crippen molar-refractivity contribution in [2.24, 2.45) is 0 Å². The van der Waals surface area contributed by atoms with E-state index in [4.69, 9.17) is 9.47 Å². The van der Waals surface area contributed by atoms with Crippen molar-refractivity contribution >= 4 is 0 Å². The molecule has 0 atom stereocenters. The number of hydrogen-bond acceptors (Lipinski definition) is 3. The van der Waals surface area contributed by atoms with Crippen LogP contribution in [0, 0.1) is 0 Å². The Hall–Kier alpha value is -1.06. The van der Waals surface area contributed by atoms with E-state index >= 15 is 0 Å². The van der Waals surface area contributed by atoms with Crippen LogP contribution in [0.15, 0.2) is 24.3 Å². The molecule has 120 valence electrons. The van der Waals surface area contributed by atoms with Crippen LogP contribution in [-0.2, 0) is 10.2 Å². The van der Waals surface area contributed by atoms with E-state index in [1.165, 1.54) is 5.56 Å². The van der Waals surface area contributed by atoms with Gasteiger partial charge in [-0.25, -0.2) is 0 Å². The van der Waals surface area contributed by atoms with Gasteiger partial charge in [-0.3, -0.25) is 0 Å². The van der Waals surface area contributed by atoms with Crippen LogP contribution in [0.5, 0.6) is 5.75 Å². The quantitative estimate of drug-likeness (QED) is 0.715. The Balaban J connectivity index is 2.51. The molecular weight excluding hydrogens is 262 g/mol. The fourth-order valence-electron chi connectivity index (χ4n) is 1.94. The minimum absolute atomic E-state index is 0.170. The molecule has 3 nitrogen and oxygen atoms in total. The van der Waals surface area contributed by atoms with Gasteiger partial charge in [-0.05, 0) is 51.1 Å².